The third-order valence-electron chi connectivity index (χ3n) is 2.62. The summed E-state index contributed by atoms with van der Waals surface area (Å²) in [6.45, 7) is 2.12. The molecule has 0 radical (unpaired) electrons. The minimum atomic E-state index is 0.194. The lowest BCUT2D eigenvalue weighted by atomic mass is 10.1. The van der Waals surface area contributed by atoms with E-state index in [1.165, 1.54) is 3.57 Å². The highest BCUT2D eigenvalue weighted by atomic mass is 127. The molecular weight excluding hydrogens is 345 g/mol. The highest BCUT2D eigenvalue weighted by molar-refractivity contribution is 14.1. The molecule has 0 amide bonds. The van der Waals surface area contributed by atoms with E-state index in [4.69, 9.17) is 11.6 Å². The van der Waals surface area contributed by atoms with Crippen LogP contribution in [-0.4, -0.2) is 0 Å². The van der Waals surface area contributed by atoms with Crippen molar-refractivity contribution >= 4 is 39.9 Å². The number of hydrogen-bond acceptors (Lipinski definition) is 1. The van der Waals surface area contributed by atoms with Crippen LogP contribution in [0.1, 0.15) is 18.5 Å². The average molecular weight is 358 g/mol. The van der Waals surface area contributed by atoms with Crippen LogP contribution >= 0.6 is 34.2 Å². The third-order valence-corrected chi connectivity index (χ3v) is 3.90. The zero-order valence-corrected chi connectivity index (χ0v) is 12.4. The Morgan fingerprint density at radius 3 is 2.41 bits per heavy atom. The van der Waals surface area contributed by atoms with Gasteiger partial charge in [-0.05, 0) is 53.3 Å². The Morgan fingerprint density at radius 1 is 1.06 bits per heavy atom. The van der Waals surface area contributed by atoms with E-state index < -0.39 is 0 Å². The summed E-state index contributed by atoms with van der Waals surface area (Å²) in [4.78, 5) is 0. The van der Waals surface area contributed by atoms with E-state index in [0.717, 1.165) is 16.3 Å². The summed E-state index contributed by atoms with van der Waals surface area (Å²) in [5.74, 6) is 0. The Labute approximate surface area is 120 Å². The maximum absolute atomic E-state index is 6.18. The van der Waals surface area contributed by atoms with E-state index in [0.29, 0.717) is 0 Å². The second-order valence-electron chi connectivity index (χ2n) is 3.87. The molecule has 1 nitrogen and oxygen atoms in total. The molecule has 0 spiro atoms. The van der Waals surface area contributed by atoms with Crippen LogP contribution in [-0.2, 0) is 0 Å². The zero-order valence-electron chi connectivity index (χ0n) is 9.45. The molecule has 88 valence electrons. The number of rotatable bonds is 3. The van der Waals surface area contributed by atoms with Crippen molar-refractivity contribution < 1.29 is 0 Å². The van der Waals surface area contributed by atoms with Crippen LogP contribution in [0.25, 0.3) is 0 Å². The minimum absolute atomic E-state index is 0.194. The third kappa shape index (κ3) is 3.13. The summed E-state index contributed by atoms with van der Waals surface area (Å²) < 4.78 is 1.21. The van der Waals surface area contributed by atoms with Crippen LogP contribution in [0, 0.1) is 3.57 Å². The Kier molecular flexibility index (Phi) is 4.29. The monoisotopic (exact) mass is 357 g/mol. The number of halogens is 2. The standard InChI is InChI=1S/C14H13ClIN/c1-10(11-6-2-3-7-12(11)15)17-14-9-5-4-8-13(14)16/h2-10,17H,1H3. The van der Waals surface area contributed by atoms with Gasteiger partial charge in [0.2, 0.25) is 0 Å². The number of nitrogens with one attached hydrogen (secondary N) is 1. The molecule has 1 atom stereocenters. The second kappa shape index (κ2) is 5.74. The van der Waals surface area contributed by atoms with Crippen molar-refractivity contribution in [2.75, 3.05) is 5.32 Å². The van der Waals surface area contributed by atoms with Gasteiger partial charge in [-0.25, -0.2) is 0 Å². The maximum atomic E-state index is 6.18. The first kappa shape index (κ1) is 12.7. The highest BCUT2D eigenvalue weighted by Gasteiger charge is 2.09. The normalized spacial score (nSPS) is 12.2. The lowest BCUT2D eigenvalue weighted by molar-refractivity contribution is 0.884. The first-order valence-corrected chi connectivity index (χ1v) is 6.89. The molecule has 1 unspecified atom stereocenters. The van der Waals surface area contributed by atoms with E-state index in [9.17, 15) is 0 Å². The Morgan fingerprint density at radius 2 is 1.71 bits per heavy atom. The van der Waals surface area contributed by atoms with E-state index in [-0.39, 0.29) is 6.04 Å². The van der Waals surface area contributed by atoms with Gasteiger partial charge in [0.1, 0.15) is 0 Å². The molecule has 2 aromatic carbocycles. The molecule has 1 N–H and O–H groups in total. The van der Waals surface area contributed by atoms with Crippen LogP contribution < -0.4 is 5.32 Å². The molecule has 0 fully saturated rings. The molecule has 17 heavy (non-hydrogen) atoms. The van der Waals surface area contributed by atoms with E-state index in [1.807, 2.05) is 30.3 Å². The quantitative estimate of drug-likeness (QED) is 0.752. The number of anilines is 1. The van der Waals surface area contributed by atoms with Gasteiger partial charge in [-0.3, -0.25) is 0 Å². The first-order valence-electron chi connectivity index (χ1n) is 5.44. The largest absolute Gasteiger partial charge is 0.378 e. The molecule has 3 heteroatoms. The number of hydrogen-bond donors (Lipinski definition) is 1. The van der Waals surface area contributed by atoms with Crippen molar-refractivity contribution in [2.45, 2.75) is 13.0 Å². The van der Waals surface area contributed by atoms with Crippen molar-refractivity contribution in [1.29, 1.82) is 0 Å². The van der Waals surface area contributed by atoms with E-state index in [1.54, 1.807) is 0 Å². The molecule has 0 aliphatic carbocycles. The van der Waals surface area contributed by atoms with Gasteiger partial charge in [0.15, 0.2) is 0 Å². The van der Waals surface area contributed by atoms with Crippen LogP contribution in [0.15, 0.2) is 48.5 Å². The predicted molar refractivity (Wildman–Crippen MR) is 82.6 cm³/mol. The number of benzene rings is 2. The topological polar surface area (TPSA) is 12.0 Å². The van der Waals surface area contributed by atoms with Gasteiger partial charge in [-0.1, -0.05) is 41.9 Å². The Hall–Kier alpha value is -0.740. The van der Waals surface area contributed by atoms with Crippen molar-refractivity contribution in [2.24, 2.45) is 0 Å². The van der Waals surface area contributed by atoms with Gasteiger partial charge < -0.3 is 5.32 Å². The molecule has 0 aliphatic heterocycles. The van der Waals surface area contributed by atoms with E-state index >= 15 is 0 Å². The minimum Gasteiger partial charge on any atom is -0.378 e. The van der Waals surface area contributed by atoms with Crippen LogP contribution in [0.3, 0.4) is 0 Å². The molecule has 0 aliphatic rings. The molecule has 2 aromatic rings. The van der Waals surface area contributed by atoms with Gasteiger partial charge >= 0.3 is 0 Å². The van der Waals surface area contributed by atoms with Crippen molar-refractivity contribution in [3.63, 3.8) is 0 Å². The lowest BCUT2D eigenvalue weighted by Gasteiger charge is -2.17. The van der Waals surface area contributed by atoms with Crippen LogP contribution in [0.2, 0.25) is 5.02 Å². The molecule has 0 aromatic heterocycles. The SMILES string of the molecule is CC(Nc1ccccc1I)c1ccccc1Cl. The van der Waals surface area contributed by atoms with Crippen LogP contribution in [0.5, 0.6) is 0 Å². The van der Waals surface area contributed by atoms with Crippen molar-refractivity contribution in [3.05, 3.63) is 62.7 Å². The maximum Gasteiger partial charge on any atom is 0.0500 e. The molecule has 0 saturated carbocycles. The van der Waals surface area contributed by atoms with Gasteiger partial charge in [0, 0.05) is 14.3 Å². The first-order chi connectivity index (χ1) is 8.18. The molecule has 2 rings (SSSR count). The lowest BCUT2D eigenvalue weighted by Crippen LogP contribution is -2.08. The summed E-state index contributed by atoms with van der Waals surface area (Å²) >= 11 is 8.51. The van der Waals surface area contributed by atoms with Gasteiger partial charge in [0.05, 0.1) is 6.04 Å². The molecule has 0 saturated heterocycles. The predicted octanol–water partition coefficient (Wildman–Crippen LogP) is 5.12. The summed E-state index contributed by atoms with van der Waals surface area (Å²) in [5, 5.41) is 4.28. The summed E-state index contributed by atoms with van der Waals surface area (Å²) in [5.41, 5.74) is 2.26. The van der Waals surface area contributed by atoms with Crippen LogP contribution in [0.4, 0.5) is 5.69 Å². The van der Waals surface area contributed by atoms with E-state index in [2.05, 4.69) is 53.0 Å². The smallest absolute Gasteiger partial charge is 0.0500 e. The fourth-order valence-corrected chi connectivity index (χ4v) is 2.56. The number of para-hydroxylation sites is 1. The molecular formula is C14H13ClIN. The van der Waals surface area contributed by atoms with Gasteiger partial charge in [-0.2, -0.15) is 0 Å². The fourth-order valence-electron chi connectivity index (χ4n) is 1.72. The van der Waals surface area contributed by atoms with Gasteiger partial charge in [-0.15, -0.1) is 0 Å². The van der Waals surface area contributed by atoms with Crippen molar-refractivity contribution in [1.82, 2.24) is 0 Å². The van der Waals surface area contributed by atoms with Gasteiger partial charge in [0.25, 0.3) is 0 Å². The van der Waals surface area contributed by atoms with Crippen molar-refractivity contribution in [3.8, 4) is 0 Å². The Balaban J connectivity index is 2.20. The molecule has 0 heterocycles. The highest BCUT2D eigenvalue weighted by Crippen LogP contribution is 2.27. The molecule has 0 bridgehead atoms. The fraction of sp³-hybridized carbons (Fsp3) is 0.143. The summed E-state index contributed by atoms with van der Waals surface area (Å²) in [6, 6.07) is 16.4. The summed E-state index contributed by atoms with van der Waals surface area (Å²) in [7, 11) is 0. The Bertz CT molecular complexity index is 513. The summed E-state index contributed by atoms with van der Waals surface area (Å²) in [6.07, 6.45) is 0. The zero-order chi connectivity index (χ0) is 12.3. The average Bonchev–Trinajstić information content (AvgIpc) is 2.32. The second-order valence-corrected chi connectivity index (χ2v) is 5.44.